The third-order valence-corrected chi connectivity index (χ3v) is 4.06. The van der Waals surface area contributed by atoms with Crippen LogP contribution in [0.25, 0.3) is 0 Å². The molecule has 0 radical (unpaired) electrons. The fraction of sp³-hybridized carbons (Fsp3) is 0.0833. The van der Waals surface area contributed by atoms with E-state index in [9.17, 15) is 13.5 Å². The van der Waals surface area contributed by atoms with Gasteiger partial charge in [-0.1, -0.05) is 17.7 Å². The molecule has 1 heterocycles. The summed E-state index contributed by atoms with van der Waals surface area (Å²) in [5.74, 6) is 0.0213. The van der Waals surface area contributed by atoms with Crippen LogP contribution in [0.1, 0.15) is 5.56 Å². The first-order chi connectivity index (χ1) is 8.88. The van der Waals surface area contributed by atoms with Crippen molar-refractivity contribution in [2.75, 3.05) is 4.72 Å². The Kier molecular flexibility index (Phi) is 3.64. The van der Waals surface area contributed by atoms with E-state index in [0.717, 1.165) is 0 Å². The van der Waals surface area contributed by atoms with Crippen molar-refractivity contribution >= 4 is 27.3 Å². The van der Waals surface area contributed by atoms with E-state index in [4.69, 9.17) is 11.6 Å². The monoisotopic (exact) mass is 298 g/mol. The van der Waals surface area contributed by atoms with Crippen molar-refractivity contribution in [3.8, 4) is 5.75 Å². The van der Waals surface area contributed by atoms with E-state index >= 15 is 0 Å². The van der Waals surface area contributed by atoms with Gasteiger partial charge in [-0.2, -0.15) is 0 Å². The average Bonchev–Trinajstić information content (AvgIpc) is 2.33. The second-order valence-corrected chi connectivity index (χ2v) is 5.99. The van der Waals surface area contributed by atoms with Gasteiger partial charge in [-0.3, -0.25) is 4.72 Å². The summed E-state index contributed by atoms with van der Waals surface area (Å²) in [4.78, 5) is 3.73. The van der Waals surface area contributed by atoms with Crippen molar-refractivity contribution in [2.45, 2.75) is 11.8 Å². The van der Waals surface area contributed by atoms with Crippen molar-refractivity contribution < 1.29 is 13.5 Å². The third-order valence-electron chi connectivity index (χ3n) is 2.47. The van der Waals surface area contributed by atoms with Gasteiger partial charge in [0, 0.05) is 12.3 Å². The van der Waals surface area contributed by atoms with Crippen LogP contribution in [0.15, 0.2) is 41.4 Å². The topological polar surface area (TPSA) is 79.3 Å². The Bertz CT molecular complexity index is 717. The highest BCUT2D eigenvalue weighted by atomic mass is 35.5. The third kappa shape index (κ3) is 3.15. The minimum atomic E-state index is -3.75. The molecule has 2 rings (SSSR count). The van der Waals surface area contributed by atoms with Crippen molar-refractivity contribution in [1.29, 1.82) is 0 Å². The summed E-state index contributed by atoms with van der Waals surface area (Å²) in [7, 11) is -3.75. The minimum Gasteiger partial charge on any atom is -0.508 e. The fourth-order valence-electron chi connectivity index (χ4n) is 1.44. The van der Waals surface area contributed by atoms with E-state index in [2.05, 4.69) is 9.71 Å². The number of phenolic OH excluding ortho intramolecular Hbond substituents is 1. The lowest BCUT2D eigenvalue weighted by atomic mass is 10.2. The van der Waals surface area contributed by atoms with Gasteiger partial charge < -0.3 is 5.11 Å². The Labute approximate surface area is 115 Å². The molecule has 1 aromatic carbocycles. The number of aromatic hydroxyl groups is 1. The van der Waals surface area contributed by atoms with E-state index in [1.165, 1.54) is 24.4 Å². The Morgan fingerprint density at radius 2 is 2.00 bits per heavy atom. The number of hydrogen-bond acceptors (Lipinski definition) is 4. The molecule has 0 spiro atoms. The van der Waals surface area contributed by atoms with Crippen molar-refractivity contribution in [2.24, 2.45) is 0 Å². The normalized spacial score (nSPS) is 11.3. The van der Waals surface area contributed by atoms with Gasteiger partial charge in [0.05, 0.1) is 10.6 Å². The fourth-order valence-corrected chi connectivity index (χ4v) is 2.74. The zero-order valence-electron chi connectivity index (χ0n) is 9.96. The van der Waals surface area contributed by atoms with E-state index < -0.39 is 10.0 Å². The van der Waals surface area contributed by atoms with E-state index in [1.807, 2.05) is 0 Å². The number of benzene rings is 1. The molecule has 0 aliphatic heterocycles. The van der Waals surface area contributed by atoms with Crippen LogP contribution in [0.2, 0.25) is 5.15 Å². The largest absolute Gasteiger partial charge is 0.508 e. The Morgan fingerprint density at radius 3 is 2.63 bits per heavy atom. The maximum atomic E-state index is 12.1. The summed E-state index contributed by atoms with van der Waals surface area (Å²) >= 11 is 5.66. The number of anilines is 1. The van der Waals surface area contributed by atoms with Gasteiger partial charge in [0.15, 0.2) is 0 Å². The molecule has 0 bridgehead atoms. The van der Waals surface area contributed by atoms with Crippen LogP contribution in [-0.4, -0.2) is 18.5 Å². The molecule has 5 nitrogen and oxygen atoms in total. The van der Waals surface area contributed by atoms with Crippen LogP contribution < -0.4 is 4.72 Å². The molecule has 2 aromatic rings. The average molecular weight is 299 g/mol. The number of nitrogens with one attached hydrogen (secondary N) is 1. The van der Waals surface area contributed by atoms with Crippen LogP contribution in [-0.2, 0) is 10.0 Å². The smallest absolute Gasteiger partial charge is 0.262 e. The van der Waals surface area contributed by atoms with Crippen LogP contribution in [0.4, 0.5) is 5.69 Å². The molecular weight excluding hydrogens is 288 g/mol. The van der Waals surface area contributed by atoms with Gasteiger partial charge in [0.1, 0.15) is 10.9 Å². The van der Waals surface area contributed by atoms with Crippen LogP contribution >= 0.6 is 11.6 Å². The summed E-state index contributed by atoms with van der Waals surface area (Å²) in [6.45, 7) is 1.72. The Hall–Kier alpha value is -1.79. The van der Waals surface area contributed by atoms with Crippen molar-refractivity contribution in [1.82, 2.24) is 4.98 Å². The van der Waals surface area contributed by atoms with E-state index in [0.29, 0.717) is 5.56 Å². The highest BCUT2D eigenvalue weighted by Gasteiger charge is 2.15. The van der Waals surface area contributed by atoms with Crippen LogP contribution in [0, 0.1) is 6.92 Å². The zero-order chi connectivity index (χ0) is 14.0. The lowest BCUT2D eigenvalue weighted by Crippen LogP contribution is -2.13. The summed E-state index contributed by atoms with van der Waals surface area (Å²) in [6, 6.07) is 7.11. The SMILES string of the molecule is Cc1ccc(NS(=O)(=O)c2ccnc(Cl)c2)cc1O. The quantitative estimate of drug-likeness (QED) is 0.854. The van der Waals surface area contributed by atoms with E-state index in [1.54, 1.807) is 19.1 Å². The lowest BCUT2D eigenvalue weighted by Gasteiger charge is -2.09. The summed E-state index contributed by atoms with van der Waals surface area (Å²) in [6.07, 6.45) is 1.31. The molecule has 1 aromatic heterocycles. The van der Waals surface area contributed by atoms with Gasteiger partial charge in [0.2, 0.25) is 0 Å². The number of hydrogen-bond donors (Lipinski definition) is 2. The van der Waals surface area contributed by atoms with Gasteiger partial charge >= 0.3 is 0 Å². The predicted octanol–water partition coefficient (Wildman–Crippen LogP) is 2.55. The molecule has 0 unspecified atom stereocenters. The molecule has 7 heteroatoms. The number of sulfonamides is 1. The van der Waals surface area contributed by atoms with Gasteiger partial charge in [-0.05, 0) is 30.7 Å². The molecule has 2 N–H and O–H groups in total. The minimum absolute atomic E-state index is 0.00700. The highest BCUT2D eigenvalue weighted by Crippen LogP contribution is 2.23. The van der Waals surface area contributed by atoms with Crippen LogP contribution in [0.5, 0.6) is 5.75 Å². The van der Waals surface area contributed by atoms with Gasteiger partial charge in [0.25, 0.3) is 10.0 Å². The number of pyridine rings is 1. The molecule has 19 heavy (non-hydrogen) atoms. The highest BCUT2D eigenvalue weighted by molar-refractivity contribution is 7.92. The molecule has 0 aliphatic carbocycles. The van der Waals surface area contributed by atoms with E-state index in [-0.39, 0.29) is 21.5 Å². The number of nitrogens with zero attached hydrogens (tertiary/aromatic N) is 1. The summed E-state index contributed by atoms with van der Waals surface area (Å²) in [5.41, 5.74) is 0.936. The molecule has 0 amide bonds. The van der Waals surface area contributed by atoms with Crippen molar-refractivity contribution in [3.05, 3.63) is 47.2 Å². The standard InChI is InChI=1S/C12H11ClN2O3S/c1-8-2-3-9(6-11(8)16)15-19(17,18)10-4-5-14-12(13)7-10/h2-7,15-16H,1H3. The number of aryl methyl sites for hydroxylation is 1. The molecule has 0 aliphatic rings. The lowest BCUT2D eigenvalue weighted by molar-refractivity contribution is 0.471. The van der Waals surface area contributed by atoms with Crippen LogP contribution in [0.3, 0.4) is 0 Å². The second-order valence-electron chi connectivity index (χ2n) is 3.92. The number of halogens is 1. The molecule has 0 saturated carbocycles. The maximum Gasteiger partial charge on any atom is 0.262 e. The molecular formula is C12H11ClN2O3S. The molecule has 0 saturated heterocycles. The number of rotatable bonds is 3. The molecule has 0 fully saturated rings. The summed E-state index contributed by atoms with van der Waals surface area (Å²) in [5, 5.41) is 9.64. The predicted molar refractivity (Wildman–Crippen MR) is 72.9 cm³/mol. The first kappa shape index (κ1) is 13.6. The zero-order valence-corrected chi connectivity index (χ0v) is 11.5. The second kappa shape index (κ2) is 5.07. The molecule has 100 valence electrons. The Morgan fingerprint density at radius 1 is 1.26 bits per heavy atom. The van der Waals surface area contributed by atoms with Crippen molar-refractivity contribution in [3.63, 3.8) is 0 Å². The first-order valence-corrected chi connectivity index (χ1v) is 7.18. The molecule has 0 atom stereocenters. The number of phenols is 1. The number of aromatic nitrogens is 1. The first-order valence-electron chi connectivity index (χ1n) is 5.32. The van der Waals surface area contributed by atoms with Gasteiger partial charge in [-0.15, -0.1) is 0 Å². The Balaban J connectivity index is 2.33. The van der Waals surface area contributed by atoms with Gasteiger partial charge in [-0.25, -0.2) is 13.4 Å². The maximum absolute atomic E-state index is 12.1. The summed E-state index contributed by atoms with van der Waals surface area (Å²) < 4.78 is 26.5.